The largest absolute Gasteiger partial charge is 0.507 e. The van der Waals surface area contributed by atoms with E-state index in [1.807, 2.05) is 36.4 Å². The highest BCUT2D eigenvalue weighted by Gasteiger charge is 2.28. The second-order valence-corrected chi connectivity index (χ2v) is 13.2. The number of aromatic nitrogens is 1. The molecule has 12 heteroatoms. The summed E-state index contributed by atoms with van der Waals surface area (Å²) in [5, 5.41) is 48.3. The van der Waals surface area contributed by atoms with Crippen LogP contribution in [-0.4, -0.2) is 50.2 Å². The van der Waals surface area contributed by atoms with E-state index in [2.05, 4.69) is 27.2 Å². The minimum atomic E-state index is -1.15. The first-order valence-corrected chi connectivity index (χ1v) is 17.7. The van der Waals surface area contributed by atoms with E-state index in [4.69, 9.17) is 16.0 Å². The molecule has 3 aliphatic rings. The third-order valence-corrected chi connectivity index (χ3v) is 9.58. The summed E-state index contributed by atoms with van der Waals surface area (Å²) in [6.07, 6.45) is 9.02. The fourth-order valence-electron chi connectivity index (χ4n) is 6.52. The average Bonchev–Trinajstić information content (AvgIpc) is 3.20. The summed E-state index contributed by atoms with van der Waals surface area (Å²) < 4.78 is 6.62. The number of aliphatic hydroxyl groups excluding tert-OH is 2. The molecule has 2 aliphatic heterocycles. The highest BCUT2D eigenvalue weighted by Crippen LogP contribution is 2.45. The van der Waals surface area contributed by atoms with Crippen molar-refractivity contribution >= 4 is 50.8 Å². The number of phenols is 1. The predicted molar refractivity (Wildman–Crippen MR) is 215 cm³/mol. The van der Waals surface area contributed by atoms with Crippen molar-refractivity contribution in [3.63, 3.8) is 0 Å². The Balaban J connectivity index is 1.34. The second kappa shape index (κ2) is 15.8. The maximum Gasteiger partial charge on any atom is 0.336 e. The highest BCUT2D eigenvalue weighted by atomic mass is 35.5. The molecular formula is C43H35ClN4O7. The van der Waals surface area contributed by atoms with Gasteiger partial charge in [0.15, 0.2) is 0 Å². The first-order chi connectivity index (χ1) is 26.7. The van der Waals surface area contributed by atoms with Gasteiger partial charge < -0.3 is 35.5 Å². The molecule has 0 atom stereocenters. The van der Waals surface area contributed by atoms with E-state index in [0.29, 0.717) is 62.5 Å². The zero-order valence-corrected chi connectivity index (χ0v) is 30.1. The average molecular weight is 755 g/mol. The van der Waals surface area contributed by atoms with Gasteiger partial charge in [0.1, 0.15) is 17.1 Å². The smallest absolute Gasteiger partial charge is 0.336 e. The van der Waals surface area contributed by atoms with Crippen LogP contribution in [0.4, 0.5) is 5.69 Å². The quantitative estimate of drug-likeness (QED) is 0.0546. The van der Waals surface area contributed by atoms with Crippen molar-refractivity contribution in [2.75, 3.05) is 18.5 Å². The van der Waals surface area contributed by atoms with Gasteiger partial charge in [0.2, 0.25) is 5.43 Å². The zero-order chi connectivity index (χ0) is 38.6. The molecule has 0 radical (unpaired) electrons. The lowest BCUT2D eigenvalue weighted by Gasteiger charge is -2.21. The fraction of sp³-hybridized carbons (Fsp3) is 0.116. The molecule has 276 valence electrons. The number of hydrogen-bond acceptors (Lipinski definition) is 10. The molecule has 3 aromatic carbocycles. The van der Waals surface area contributed by atoms with Crippen LogP contribution in [0.25, 0.3) is 44.3 Å². The summed E-state index contributed by atoms with van der Waals surface area (Å²) >= 11 is 6.61. The van der Waals surface area contributed by atoms with Crippen molar-refractivity contribution in [3.05, 3.63) is 159 Å². The van der Waals surface area contributed by atoms with E-state index in [0.717, 1.165) is 11.0 Å². The van der Waals surface area contributed by atoms with Gasteiger partial charge in [-0.3, -0.25) is 9.79 Å². The Bertz CT molecular complexity index is 2660. The van der Waals surface area contributed by atoms with Crippen LogP contribution in [0.2, 0.25) is 5.02 Å². The number of aliphatic imine (C=N–C) groups is 1. The number of nitrogens with zero attached hydrogens (tertiary/aromatic N) is 2. The minimum Gasteiger partial charge on any atom is -0.507 e. The van der Waals surface area contributed by atoms with Crippen LogP contribution in [0.5, 0.6) is 5.75 Å². The van der Waals surface area contributed by atoms with Crippen molar-refractivity contribution in [1.82, 2.24) is 10.3 Å². The Kier molecular flexibility index (Phi) is 10.6. The van der Waals surface area contributed by atoms with Gasteiger partial charge in [-0.15, -0.1) is 0 Å². The third kappa shape index (κ3) is 7.49. The maximum atomic E-state index is 13.8. The number of anilines is 1. The zero-order valence-electron chi connectivity index (χ0n) is 29.3. The Hall–Kier alpha value is -6.53. The summed E-state index contributed by atoms with van der Waals surface area (Å²) in [6, 6.07) is 20.4. The van der Waals surface area contributed by atoms with Gasteiger partial charge in [0.25, 0.3) is 0 Å². The summed E-state index contributed by atoms with van der Waals surface area (Å²) in [5.74, 6) is -1.10. The van der Waals surface area contributed by atoms with Gasteiger partial charge in [0.05, 0.1) is 64.1 Å². The Morgan fingerprint density at radius 2 is 1.80 bits per heavy atom. The first-order valence-electron chi connectivity index (χ1n) is 17.3. The fourth-order valence-corrected chi connectivity index (χ4v) is 6.74. The van der Waals surface area contributed by atoms with Crippen LogP contribution in [0.1, 0.15) is 27.2 Å². The van der Waals surface area contributed by atoms with E-state index in [1.54, 1.807) is 48.6 Å². The summed E-state index contributed by atoms with van der Waals surface area (Å²) in [4.78, 5) is 35.2. The number of nitrogens with one attached hydrogen (secondary N) is 2. The lowest BCUT2D eigenvalue weighted by molar-refractivity contribution is 0.0697. The van der Waals surface area contributed by atoms with E-state index >= 15 is 0 Å². The normalized spacial score (nSPS) is 13.6. The maximum absolute atomic E-state index is 13.8. The number of carboxylic acid groups (broad SMARTS) is 1. The van der Waals surface area contributed by atoms with Gasteiger partial charge in [-0.25, -0.2) is 9.78 Å². The van der Waals surface area contributed by atoms with Crippen LogP contribution in [0.15, 0.2) is 135 Å². The molecule has 55 heavy (non-hydrogen) atoms. The van der Waals surface area contributed by atoms with Crippen LogP contribution in [0, 0.1) is 0 Å². The number of hydrogen-bond donors (Lipinski definition) is 6. The number of aromatic carboxylic acids is 1. The summed E-state index contributed by atoms with van der Waals surface area (Å²) in [7, 11) is 0. The van der Waals surface area contributed by atoms with Crippen molar-refractivity contribution < 1.29 is 29.6 Å². The highest BCUT2D eigenvalue weighted by molar-refractivity contribution is 6.31. The number of fused-ring (bicyclic) bond motifs is 3. The molecule has 0 saturated heterocycles. The number of para-hydroxylation sites is 1. The van der Waals surface area contributed by atoms with Gasteiger partial charge in [-0.05, 0) is 59.7 Å². The molecule has 0 amide bonds. The monoisotopic (exact) mass is 754 g/mol. The van der Waals surface area contributed by atoms with E-state index in [1.165, 1.54) is 18.2 Å². The number of benzene rings is 4. The summed E-state index contributed by atoms with van der Waals surface area (Å²) in [6.45, 7) is 4.16. The SMILES string of the molecule is C=C(/C=C\C=C1\C=CC(CO)=NC1)NCc1c2oc3c(CNc4cccc5ccc(CO)nc45)c(O)ccc3c(-c3ccccc3C(=O)O)c-2cc(Cl)c1=O. The van der Waals surface area contributed by atoms with Crippen LogP contribution in [-0.2, 0) is 19.7 Å². The van der Waals surface area contributed by atoms with Gasteiger partial charge in [0, 0.05) is 40.7 Å². The number of aromatic hydroxyl groups is 1. The Morgan fingerprint density at radius 1 is 0.964 bits per heavy atom. The molecule has 1 aliphatic carbocycles. The summed E-state index contributed by atoms with van der Waals surface area (Å²) in [5.41, 5.74) is 5.27. The van der Waals surface area contributed by atoms with Crippen LogP contribution < -0.4 is 16.1 Å². The van der Waals surface area contributed by atoms with Crippen molar-refractivity contribution in [1.29, 1.82) is 0 Å². The number of dihydropyridines is 1. The molecule has 7 rings (SSSR count). The molecule has 4 aromatic rings. The predicted octanol–water partition coefficient (Wildman–Crippen LogP) is 7.36. The van der Waals surface area contributed by atoms with Gasteiger partial charge >= 0.3 is 5.97 Å². The van der Waals surface area contributed by atoms with E-state index < -0.39 is 11.4 Å². The van der Waals surface area contributed by atoms with E-state index in [-0.39, 0.29) is 59.5 Å². The topological polar surface area (TPSA) is 178 Å². The molecule has 1 aromatic heterocycles. The third-order valence-electron chi connectivity index (χ3n) is 9.30. The van der Waals surface area contributed by atoms with Crippen LogP contribution in [0.3, 0.4) is 0 Å². The number of aliphatic hydroxyl groups is 2. The Labute approximate surface area is 319 Å². The van der Waals surface area contributed by atoms with Gasteiger partial charge in [-0.1, -0.05) is 72.8 Å². The number of halogens is 1. The number of pyridine rings is 1. The number of carbonyl (C=O) groups is 1. The molecule has 0 bridgehead atoms. The molecule has 11 nitrogen and oxygen atoms in total. The number of phenolic OH excluding ortho intramolecular Hbond substituents is 1. The molecule has 0 fully saturated rings. The first kappa shape index (κ1) is 36.8. The van der Waals surface area contributed by atoms with Crippen molar-refractivity contribution in [2.45, 2.75) is 19.7 Å². The van der Waals surface area contributed by atoms with Gasteiger partial charge in [-0.2, -0.15) is 0 Å². The van der Waals surface area contributed by atoms with E-state index in [9.17, 15) is 30.0 Å². The molecule has 6 N–H and O–H groups in total. The lowest BCUT2D eigenvalue weighted by Crippen LogP contribution is -2.20. The lowest BCUT2D eigenvalue weighted by atomic mass is 9.88. The molecule has 0 unspecified atom stereocenters. The number of carboxylic acids is 1. The van der Waals surface area contributed by atoms with Crippen molar-refractivity contribution in [2.24, 2.45) is 4.99 Å². The Morgan fingerprint density at radius 3 is 2.56 bits per heavy atom. The minimum absolute atomic E-state index is 0.0197. The van der Waals surface area contributed by atoms with Crippen LogP contribution >= 0.6 is 11.6 Å². The molecular weight excluding hydrogens is 720 g/mol. The molecule has 0 spiro atoms. The number of rotatable bonds is 12. The second-order valence-electron chi connectivity index (χ2n) is 12.8. The number of allylic oxidation sites excluding steroid dienone is 3. The van der Waals surface area contributed by atoms with Crippen molar-refractivity contribution in [3.8, 4) is 28.2 Å². The standard InChI is InChI=1S/C43H35ClN4O7/c1-24(6-4-7-25-12-14-27(22-49)46-19-25)45-21-34-40(52)35(44)18-32-38(29-9-2-3-10-30(29)43(53)54)31-16-17-37(51)33(41(31)55-42(32)34)20-47-36-11-5-8-26-13-15-28(23-50)48-39(26)36/h2-18,45,47,49-51H,1,19-23H2,(H,53,54)/b6-4-,25-7-. The molecule has 0 saturated carbocycles. The molecule has 3 heterocycles.